The molecule has 0 amide bonds. The molecule has 2 rings (SSSR count). The van der Waals surface area contributed by atoms with Crippen LogP contribution in [0.5, 0.6) is 0 Å². The van der Waals surface area contributed by atoms with Crippen molar-refractivity contribution in [2.24, 2.45) is 5.41 Å². The highest BCUT2D eigenvalue weighted by Gasteiger charge is 2.45. The highest BCUT2D eigenvalue weighted by atomic mass is 79.9. The lowest BCUT2D eigenvalue weighted by Crippen LogP contribution is -2.39. The molecule has 1 nitrogen and oxygen atoms in total. The van der Waals surface area contributed by atoms with Crippen molar-refractivity contribution in [2.45, 2.75) is 77.1 Å². The molecule has 1 aliphatic carbocycles. The summed E-state index contributed by atoms with van der Waals surface area (Å²) in [5.74, 6) is 0. The third-order valence-electron chi connectivity index (χ3n) is 5.99. The van der Waals surface area contributed by atoms with Gasteiger partial charge in [0.25, 0.3) is 0 Å². The second kappa shape index (κ2) is 7.84. The Labute approximate surface area is 152 Å². The third-order valence-corrected chi connectivity index (χ3v) is 9.78. The highest BCUT2D eigenvalue weighted by Crippen LogP contribution is 2.55. The summed E-state index contributed by atoms with van der Waals surface area (Å²) in [5.41, 5.74) is 1.72. The molecule has 0 saturated heterocycles. The topological polar surface area (TPSA) is 9.23 Å². The minimum atomic E-state index is -0.738. The zero-order chi connectivity index (χ0) is 17.1. The van der Waals surface area contributed by atoms with Gasteiger partial charge in [-0.15, -0.1) is 0 Å². The van der Waals surface area contributed by atoms with Gasteiger partial charge < -0.3 is 4.74 Å². The first kappa shape index (κ1) is 19.2. The molecule has 0 aliphatic heterocycles. The Bertz CT molecular complexity index is 508. The number of benzene rings is 1. The lowest BCUT2D eigenvalue weighted by atomic mass is 9.61. The van der Waals surface area contributed by atoms with Crippen molar-refractivity contribution in [3.8, 4) is 0 Å². The quantitative estimate of drug-likeness (QED) is 0.441. The smallest absolute Gasteiger partial charge is 0.0881 e. The molecule has 1 aromatic rings. The Morgan fingerprint density at radius 3 is 2.48 bits per heavy atom. The highest BCUT2D eigenvalue weighted by molar-refractivity contribution is 9.10. The minimum absolute atomic E-state index is 0.251. The van der Waals surface area contributed by atoms with Gasteiger partial charge in [-0.1, -0.05) is 74.8 Å². The van der Waals surface area contributed by atoms with E-state index in [1.54, 1.807) is 0 Å². The number of hydrogen-bond donors (Lipinski definition) is 0. The van der Waals surface area contributed by atoms with E-state index in [0.717, 1.165) is 11.1 Å². The van der Waals surface area contributed by atoms with E-state index in [4.69, 9.17) is 4.74 Å². The van der Waals surface area contributed by atoms with E-state index in [9.17, 15) is 0 Å². The van der Waals surface area contributed by atoms with Gasteiger partial charge in [0, 0.05) is 25.3 Å². The van der Waals surface area contributed by atoms with Crippen LogP contribution in [0.1, 0.15) is 64.5 Å². The zero-order valence-electron chi connectivity index (χ0n) is 15.5. The standard InChI is InChI=1S/C20H33BrOSi/c1-6-11-20(12-8-13-20)18(16-9-7-10-17(21)14-16)22-15-19(2,3)23(4)5/h7,9-10,14,18,23H,6,8,11-13,15H2,1-5H3. The van der Waals surface area contributed by atoms with Crippen LogP contribution in [0.25, 0.3) is 0 Å². The van der Waals surface area contributed by atoms with Gasteiger partial charge in [-0.05, 0) is 42.0 Å². The molecular weight excluding hydrogens is 364 g/mol. The fourth-order valence-electron chi connectivity index (χ4n) is 3.53. The molecule has 23 heavy (non-hydrogen) atoms. The van der Waals surface area contributed by atoms with E-state index in [0.29, 0.717) is 10.5 Å². The van der Waals surface area contributed by atoms with E-state index in [-0.39, 0.29) is 6.10 Å². The zero-order valence-corrected chi connectivity index (χ0v) is 18.2. The predicted octanol–water partition coefficient (Wildman–Crippen LogP) is 6.74. The van der Waals surface area contributed by atoms with Gasteiger partial charge in [-0.2, -0.15) is 0 Å². The van der Waals surface area contributed by atoms with Crippen molar-refractivity contribution in [1.29, 1.82) is 0 Å². The molecule has 0 heterocycles. The Morgan fingerprint density at radius 1 is 1.30 bits per heavy atom. The van der Waals surface area contributed by atoms with Gasteiger partial charge in [-0.3, -0.25) is 0 Å². The number of rotatable bonds is 8. The predicted molar refractivity (Wildman–Crippen MR) is 107 cm³/mol. The largest absolute Gasteiger partial charge is 0.373 e. The van der Waals surface area contributed by atoms with E-state index < -0.39 is 8.80 Å². The Morgan fingerprint density at radius 2 is 2.00 bits per heavy atom. The molecule has 0 N–H and O–H groups in total. The van der Waals surface area contributed by atoms with Crippen LogP contribution in [-0.4, -0.2) is 15.4 Å². The molecule has 130 valence electrons. The van der Waals surface area contributed by atoms with E-state index in [2.05, 4.69) is 74.1 Å². The van der Waals surface area contributed by atoms with Gasteiger partial charge in [0.1, 0.15) is 0 Å². The van der Waals surface area contributed by atoms with Gasteiger partial charge in [0.2, 0.25) is 0 Å². The van der Waals surface area contributed by atoms with E-state index in [1.807, 2.05) is 0 Å². The van der Waals surface area contributed by atoms with Crippen LogP contribution < -0.4 is 0 Å². The summed E-state index contributed by atoms with van der Waals surface area (Å²) >= 11 is 3.64. The van der Waals surface area contributed by atoms with Gasteiger partial charge in [0.15, 0.2) is 0 Å². The summed E-state index contributed by atoms with van der Waals surface area (Å²) < 4.78 is 7.84. The fraction of sp³-hybridized carbons (Fsp3) is 0.700. The second-order valence-corrected chi connectivity index (χ2v) is 13.1. The second-order valence-electron chi connectivity index (χ2n) is 8.36. The maximum atomic E-state index is 6.68. The van der Waals surface area contributed by atoms with Crippen LogP contribution in [0.3, 0.4) is 0 Å². The number of hydrogen-bond acceptors (Lipinski definition) is 1. The molecule has 1 saturated carbocycles. The van der Waals surface area contributed by atoms with Crippen molar-refractivity contribution in [3.63, 3.8) is 0 Å². The average molecular weight is 397 g/mol. The maximum Gasteiger partial charge on any atom is 0.0881 e. The molecule has 1 atom stereocenters. The van der Waals surface area contributed by atoms with Crippen LogP contribution in [0, 0.1) is 5.41 Å². The molecule has 1 fully saturated rings. The van der Waals surface area contributed by atoms with Gasteiger partial charge in [-0.25, -0.2) is 0 Å². The minimum Gasteiger partial charge on any atom is -0.373 e. The lowest BCUT2D eigenvalue weighted by Gasteiger charge is -2.49. The summed E-state index contributed by atoms with van der Waals surface area (Å²) in [7, 11) is -0.738. The summed E-state index contributed by atoms with van der Waals surface area (Å²) in [4.78, 5) is 0. The molecule has 1 aromatic carbocycles. The molecule has 1 unspecified atom stereocenters. The number of ether oxygens (including phenoxy) is 1. The monoisotopic (exact) mass is 396 g/mol. The molecule has 0 bridgehead atoms. The van der Waals surface area contributed by atoms with Crippen molar-refractivity contribution in [3.05, 3.63) is 34.3 Å². The summed E-state index contributed by atoms with van der Waals surface area (Å²) in [5, 5.41) is 0.349. The SMILES string of the molecule is CCCC1(C(OCC(C)(C)[SiH](C)C)c2cccc(Br)c2)CCC1. The van der Waals surface area contributed by atoms with E-state index >= 15 is 0 Å². The fourth-order valence-corrected chi connectivity index (χ4v) is 4.38. The third kappa shape index (κ3) is 4.49. The molecule has 3 heteroatoms. The molecule has 0 radical (unpaired) electrons. The molecule has 0 aromatic heterocycles. The van der Waals surface area contributed by atoms with Crippen LogP contribution >= 0.6 is 15.9 Å². The molecular formula is C20H33BrOSi. The maximum absolute atomic E-state index is 6.68. The Balaban J connectivity index is 2.25. The van der Waals surface area contributed by atoms with Crippen molar-refractivity contribution in [1.82, 2.24) is 0 Å². The van der Waals surface area contributed by atoms with Crippen LogP contribution in [0.4, 0.5) is 0 Å². The average Bonchev–Trinajstić information content (AvgIpc) is 2.44. The molecule has 0 spiro atoms. The van der Waals surface area contributed by atoms with Crippen molar-refractivity contribution in [2.75, 3.05) is 6.61 Å². The Kier molecular flexibility index (Phi) is 6.55. The van der Waals surface area contributed by atoms with Crippen LogP contribution in [-0.2, 0) is 4.74 Å². The first-order valence-electron chi connectivity index (χ1n) is 9.18. The molecule has 1 aliphatic rings. The summed E-state index contributed by atoms with van der Waals surface area (Å²) in [6.45, 7) is 12.8. The summed E-state index contributed by atoms with van der Waals surface area (Å²) in [6.07, 6.45) is 6.77. The van der Waals surface area contributed by atoms with Crippen molar-refractivity contribution >= 4 is 24.7 Å². The van der Waals surface area contributed by atoms with Gasteiger partial charge >= 0.3 is 0 Å². The normalized spacial score (nSPS) is 18.7. The van der Waals surface area contributed by atoms with Crippen LogP contribution in [0.2, 0.25) is 18.1 Å². The first-order valence-corrected chi connectivity index (χ1v) is 12.9. The Hall–Kier alpha value is -0.123. The number of halogens is 1. The van der Waals surface area contributed by atoms with Crippen LogP contribution in [0.15, 0.2) is 28.7 Å². The van der Waals surface area contributed by atoms with Crippen molar-refractivity contribution < 1.29 is 4.74 Å². The lowest BCUT2D eigenvalue weighted by molar-refractivity contribution is -0.0959. The van der Waals surface area contributed by atoms with E-state index in [1.165, 1.54) is 37.7 Å². The summed E-state index contributed by atoms with van der Waals surface area (Å²) in [6, 6.07) is 8.78. The van der Waals surface area contributed by atoms with Gasteiger partial charge in [0.05, 0.1) is 6.10 Å². The first-order chi connectivity index (χ1) is 10.8.